The van der Waals surface area contributed by atoms with Crippen LogP contribution < -0.4 is 0 Å². The fourth-order valence-corrected chi connectivity index (χ4v) is 0.640. The summed E-state index contributed by atoms with van der Waals surface area (Å²) >= 11 is 0. The summed E-state index contributed by atoms with van der Waals surface area (Å²) in [6.07, 6.45) is 3.16. The highest BCUT2D eigenvalue weighted by Gasteiger charge is 2.07. The van der Waals surface area contributed by atoms with Gasteiger partial charge >= 0.3 is 0 Å². The summed E-state index contributed by atoms with van der Waals surface area (Å²) in [5.74, 6) is 0. The maximum atomic E-state index is 12.1. The van der Waals surface area contributed by atoms with Gasteiger partial charge in [-0.1, -0.05) is 4.48 Å². The van der Waals surface area contributed by atoms with Crippen LogP contribution in [-0.2, 0) is 0 Å². The van der Waals surface area contributed by atoms with E-state index in [4.69, 9.17) is 0 Å². The maximum absolute atomic E-state index is 12.1. The summed E-state index contributed by atoms with van der Waals surface area (Å²) in [4.78, 5) is 1.88. The molecule has 0 radical (unpaired) electrons. The van der Waals surface area contributed by atoms with Gasteiger partial charge < -0.3 is 4.90 Å². The Bertz CT molecular complexity index is 103. The molecular formula is C5H9FN2. The van der Waals surface area contributed by atoms with Gasteiger partial charge in [0.05, 0.1) is 6.20 Å². The highest BCUT2D eigenvalue weighted by molar-refractivity contribution is 4.85. The van der Waals surface area contributed by atoms with Crippen LogP contribution in [0.2, 0.25) is 0 Å². The smallest absolute Gasteiger partial charge is 0.120 e. The third-order valence-electron chi connectivity index (χ3n) is 1.16. The Labute approximate surface area is 48.1 Å². The lowest BCUT2D eigenvalue weighted by Crippen LogP contribution is -2.19. The lowest BCUT2D eigenvalue weighted by molar-refractivity contribution is 0.0638. The van der Waals surface area contributed by atoms with Crippen molar-refractivity contribution < 1.29 is 4.48 Å². The molecule has 0 saturated carbocycles. The van der Waals surface area contributed by atoms with Crippen molar-refractivity contribution in [3.63, 3.8) is 0 Å². The Morgan fingerprint density at radius 2 is 2.38 bits per heavy atom. The van der Waals surface area contributed by atoms with E-state index in [-0.39, 0.29) is 0 Å². The fourth-order valence-electron chi connectivity index (χ4n) is 0.640. The van der Waals surface area contributed by atoms with E-state index < -0.39 is 0 Å². The molecule has 0 atom stereocenters. The van der Waals surface area contributed by atoms with Gasteiger partial charge in [-0.2, -0.15) is 5.12 Å². The summed E-state index contributed by atoms with van der Waals surface area (Å²) in [5.41, 5.74) is 0. The zero-order valence-electron chi connectivity index (χ0n) is 4.84. The minimum atomic E-state index is 0.385. The highest BCUT2D eigenvalue weighted by Crippen LogP contribution is 2.04. The second-order valence-corrected chi connectivity index (χ2v) is 1.74. The number of hydrogen-bond acceptors (Lipinski definition) is 2. The molecule has 0 saturated heterocycles. The van der Waals surface area contributed by atoms with Crippen molar-refractivity contribution in [3.8, 4) is 0 Å². The standard InChI is InChI=1S/C5H9FN2/c1-2-7-3-4-8(6)5-7/h3-4H,2,5H2,1H3. The average Bonchev–Trinajstić information content (AvgIpc) is 2.14. The van der Waals surface area contributed by atoms with Gasteiger partial charge in [0.2, 0.25) is 0 Å². The summed E-state index contributed by atoms with van der Waals surface area (Å²) in [7, 11) is 0. The number of halogens is 1. The van der Waals surface area contributed by atoms with Crippen LogP contribution in [0.4, 0.5) is 4.48 Å². The van der Waals surface area contributed by atoms with E-state index >= 15 is 0 Å². The minimum absolute atomic E-state index is 0.385. The van der Waals surface area contributed by atoms with Crippen LogP contribution in [0.1, 0.15) is 6.92 Å². The second kappa shape index (κ2) is 2.03. The Morgan fingerprint density at radius 3 is 2.62 bits per heavy atom. The first-order chi connectivity index (χ1) is 3.83. The molecule has 0 aliphatic carbocycles. The normalized spacial score (nSPS) is 18.2. The lowest BCUT2D eigenvalue weighted by Gasteiger charge is -2.11. The van der Waals surface area contributed by atoms with Gasteiger partial charge in [-0.15, -0.1) is 0 Å². The van der Waals surface area contributed by atoms with Crippen LogP contribution in [0.25, 0.3) is 0 Å². The molecule has 0 fully saturated rings. The maximum Gasteiger partial charge on any atom is 0.120 e. The Kier molecular flexibility index (Phi) is 1.37. The molecule has 0 spiro atoms. The molecule has 2 nitrogen and oxygen atoms in total. The molecular weight excluding hydrogens is 107 g/mol. The van der Waals surface area contributed by atoms with E-state index in [1.807, 2.05) is 11.8 Å². The van der Waals surface area contributed by atoms with Crippen LogP contribution in [0, 0.1) is 0 Å². The van der Waals surface area contributed by atoms with E-state index in [0.29, 0.717) is 11.8 Å². The van der Waals surface area contributed by atoms with E-state index in [1.165, 1.54) is 6.20 Å². The van der Waals surface area contributed by atoms with Gasteiger partial charge in [-0.05, 0) is 6.92 Å². The van der Waals surface area contributed by atoms with E-state index in [0.717, 1.165) is 6.54 Å². The molecule has 3 heteroatoms. The molecule has 46 valence electrons. The van der Waals surface area contributed by atoms with Gasteiger partial charge in [0, 0.05) is 12.7 Å². The molecule has 0 bridgehead atoms. The number of nitrogens with zero attached hydrogens (tertiary/aromatic N) is 2. The van der Waals surface area contributed by atoms with Gasteiger partial charge in [-0.25, -0.2) is 0 Å². The van der Waals surface area contributed by atoms with Crippen LogP contribution in [0.3, 0.4) is 0 Å². The third kappa shape index (κ3) is 0.911. The van der Waals surface area contributed by atoms with Crippen molar-refractivity contribution in [2.24, 2.45) is 0 Å². The second-order valence-electron chi connectivity index (χ2n) is 1.74. The molecule has 1 aliphatic heterocycles. The SMILES string of the molecule is CCN1C=CN(F)C1. The molecule has 0 aromatic heterocycles. The molecule has 0 aromatic carbocycles. The molecule has 0 aromatic rings. The number of rotatable bonds is 1. The van der Waals surface area contributed by atoms with E-state index in [2.05, 4.69) is 0 Å². The van der Waals surface area contributed by atoms with Crippen LogP contribution in [-0.4, -0.2) is 23.2 Å². The van der Waals surface area contributed by atoms with Crippen molar-refractivity contribution in [2.75, 3.05) is 13.2 Å². The molecule has 0 N–H and O–H groups in total. The van der Waals surface area contributed by atoms with Crippen molar-refractivity contribution in [1.82, 2.24) is 10.0 Å². The monoisotopic (exact) mass is 116 g/mol. The van der Waals surface area contributed by atoms with Gasteiger partial charge in [0.1, 0.15) is 6.67 Å². The minimum Gasteiger partial charge on any atom is -0.357 e. The molecule has 8 heavy (non-hydrogen) atoms. The predicted octanol–water partition coefficient (Wildman–Crippen LogP) is 0.937. The quantitative estimate of drug-likeness (QED) is 0.470. The Balaban J connectivity index is 2.34. The van der Waals surface area contributed by atoms with Gasteiger partial charge in [0.25, 0.3) is 0 Å². The summed E-state index contributed by atoms with van der Waals surface area (Å²) in [5, 5.41) is 0.656. The van der Waals surface area contributed by atoms with Crippen molar-refractivity contribution in [2.45, 2.75) is 6.92 Å². The summed E-state index contributed by atoms with van der Waals surface area (Å²) in [6.45, 7) is 3.25. The fraction of sp³-hybridized carbons (Fsp3) is 0.600. The summed E-state index contributed by atoms with van der Waals surface area (Å²) < 4.78 is 12.1. The van der Waals surface area contributed by atoms with Crippen molar-refractivity contribution >= 4 is 0 Å². The predicted molar refractivity (Wildman–Crippen MR) is 29.3 cm³/mol. The van der Waals surface area contributed by atoms with Crippen LogP contribution in [0.5, 0.6) is 0 Å². The van der Waals surface area contributed by atoms with Crippen LogP contribution >= 0.6 is 0 Å². The Hall–Kier alpha value is -0.730. The lowest BCUT2D eigenvalue weighted by atomic mass is 10.6. The first-order valence-corrected chi connectivity index (χ1v) is 2.67. The zero-order valence-corrected chi connectivity index (χ0v) is 4.84. The average molecular weight is 116 g/mol. The van der Waals surface area contributed by atoms with E-state index in [1.54, 1.807) is 6.20 Å². The molecule has 1 aliphatic rings. The first kappa shape index (κ1) is 5.41. The zero-order chi connectivity index (χ0) is 5.98. The Morgan fingerprint density at radius 1 is 1.62 bits per heavy atom. The topological polar surface area (TPSA) is 6.48 Å². The van der Waals surface area contributed by atoms with Gasteiger partial charge in [-0.3, -0.25) is 0 Å². The van der Waals surface area contributed by atoms with Gasteiger partial charge in [0.15, 0.2) is 0 Å². The largest absolute Gasteiger partial charge is 0.357 e. The first-order valence-electron chi connectivity index (χ1n) is 2.67. The van der Waals surface area contributed by atoms with E-state index in [9.17, 15) is 4.48 Å². The number of hydrogen-bond donors (Lipinski definition) is 0. The van der Waals surface area contributed by atoms with Crippen molar-refractivity contribution in [3.05, 3.63) is 12.4 Å². The molecule has 0 amide bonds. The van der Waals surface area contributed by atoms with Crippen molar-refractivity contribution in [1.29, 1.82) is 0 Å². The third-order valence-corrected chi connectivity index (χ3v) is 1.16. The summed E-state index contributed by atoms with van der Waals surface area (Å²) in [6, 6.07) is 0. The highest BCUT2D eigenvalue weighted by atomic mass is 19.2. The molecule has 1 heterocycles. The molecule has 0 unspecified atom stereocenters. The molecule has 1 rings (SSSR count). The van der Waals surface area contributed by atoms with Crippen LogP contribution in [0.15, 0.2) is 12.4 Å².